The molecule has 1 aromatic carbocycles. The maximum atomic E-state index is 13.4. The van der Waals surface area contributed by atoms with E-state index in [1.165, 1.54) is 0 Å². The molecule has 1 aliphatic heterocycles. The van der Waals surface area contributed by atoms with Gasteiger partial charge in [-0.3, -0.25) is 9.78 Å². The van der Waals surface area contributed by atoms with Crippen molar-refractivity contribution in [3.8, 4) is 21.6 Å². The number of carbonyl (C=O) groups is 2. The van der Waals surface area contributed by atoms with E-state index in [0.29, 0.717) is 23.7 Å². The van der Waals surface area contributed by atoms with Crippen LogP contribution in [-0.2, 0) is 10.2 Å². The summed E-state index contributed by atoms with van der Waals surface area (Å²) in [6, 6.07) is 11.8. The van der Waals surface area contributed by atoms with Gasteiger partial charge in [0.05, 0.1) is 10.6 Å². The van der Waals surface area contributed by atoms with Gasteiger partial charge in [0.2, 0.25) is 0 Å². The highest BCUT2D eigenvalue weighted by Gasteiger charge is 2.36. The van der Waals surface area contributed by atoms with Crippen molar-refractivity contribution in [2.75, 3.05) is 13.1 Å². The molecule has 0 spiro atoms. The van der Waals surface area contributed by atoms with Crippen molar-refractivity contribution in [3.63, 3.8) is 0 Å². The van der Waals surface area contributed by atoms with Gasteiger partial charge < -0.3 is 15.0 Å². The zero-order valence-electron chi connectivity index (χ0n) is 23.9. The lowest BCUT2D eigenvalue weighted by Gasteiger charge is -2.41. The molecule has 0 saturated carbocycles. The van der Waals surface area contributed by atoms with Crippen LogP contribution in [0.2, 0.25) is 5.02 Å². The van der Waals surface area contributed by atoms with Crippen LogP contribution in [0.15, 0.2) is 48.0 Å². The molecular weight excluding hydrogens is 530 g/mol. The molecule has 2 aromatic heterocycles. The Bertz CT molecular complexity index is 1370. The Labute approximate surface area is 240 Å². The molecule has 2 amide bonds. The molecule has 208 valence electrons. The SMILES string of the molecule is CC1(NC(=O)OC(C)(C)C)CCCN(C(=O)c2ccc(-c3cc(-c4ccnc(C(C)(C)C)c4)cs3)c(Cl)c2)C1. The fraction of sp³-hybridized carbons (Fsp3) is 0.452. The molecule has 6 nitrogen and oxygen atoms in total. The first kappa shape index (κ1) is 29.1. The third kappa shape index (κ3) is 7.20. The number of hydrogen-bond donors (Lipinski definition) is 1. The first-order valence-corrected chi connectivity index (χ1v) is 14.6. The first-order valence-electron chi connectivity index (χ1n) is 13.3. The molecule has 1 atom stereocenters. The molecule has 1 unspecified atom stereocenters. The van der Waals surface area contributed by atoms with Gasteiger partial charge in [-0.2, -0.15) is 0 Å². The van der Waals surface area contributed by atoms with E-state index >= 15 is 0 Å². The summed E-state index contributed by atoms with van der Waals surface area (Å²) in [6.45, 7) is 14.9. The Balaban J connectivity index is 1.49. The summed E-state index contributed by atoms with van der Waals surface area (Å²) >= 11 is 8.35. The van der Waals surface area contributed by atoms with Gasteiger partial charge in [0.25, 0.3) is 5.91 Å². The van der Waals surface area contributed by atoms with E-state index in [4.69, 9.17) is 16.3 Å². The number of pyridine rings is 1. The summed E-state index contributed by atoms with van der Waals surface area (Å²) in [6.07, 6.45) is 2.94. The highest BCUT2D eigenvalue weighted by molar-refractivity contribution is 7.14. The summed E-state index contributed by atoms with van der Waals surface area (Å²) in [4.78, 5) is 33.2. The maximum absolute atomic E-state index is 13.4. The molecule has 1 saturated heterocycles. The third-order valence-corrected chi connectivity index (χ3v) is 8.01. The van der Waals surface area contributed by atoms with Crippen molar-refractivity contribution in [3.05, 3.63) is 64.3 Å². The predicted octanol–water partition coefficient (Wildman–Crippen LogP) is 7.95. The van der Waals surface area contributed by atoms with Gasteiger partial charge in [0.1, 0.15) is 5.60 Å². The van der Waals surface area contributed by atoms with Gasteiger partial charge >= 0.3 is 6.09 Å². The number of benzene rings is 1. The van der Waals surface area contributed by atoms with Gasteiger partial charge in [0, 0.05) is 46.4 Å². The van der Waals surface area contributed by atoms with Crippen molar-refractivity contribution in [1.82, 2.24) is 15.2 Å². The van der Waals surface area contributed by atoms with Gasteiger partial charge in [-0.05, 0) is 87.4 Å². The van der Waals surface area contributed by atoms with E-state index in [1.54, 1.807) is 22.3 Å². The number of alkyl carbamates (subject to hydrolysis) is 1. The first-order chi connectivity index (χ1) is 18.1. The van der Waals surface area contributed by atoms with Crippen molar-refractivity contribution >= 4 is 34.9 Å². The lowest BCUT2D eigenvalue weighted by Crippen LogP contribution is -2.58. The number of ether oxygens (including phenoxy) is 1. The smallest absolute Gasteiger partial charge is 0.408 e. The highest BCUT2D eigenvalue weighted by atomic mass is 35.5. The van der Waals surface area contributed by atoms with Crippen LogP contribution in [0.4, 0.5) is 4.79 Å². The average Bonchev–Trinajstić information content (AvgIpc) is 3.31. The summed E-state index contributed by atoms with van der Waals surface area (Å²) in [5.74, 6) is -0.0984. The minimum atomic E-state index is -0.583. The standard InChI is InChI=1S/C31H38ClN3O3S/c1-29(2,3)26-17-20(11-13-33-26)22-16-25(39-18-22)23-10-9-21(15-24(23)32)27(36)35-14-8-12-31(7,19-35)34-28(37)38-30(4,5)6/h9-11,13,15-18H,8,12,14,19H2,1-7H3,(H,34,37). The van der Waals surface area contributed by atoms with Gasteiger partial charge in [-0.1, -0.05) is 38.4 Å². The number of likely N-dealkylation sites (tertiary alicyclic amines) is 1. The predicted molar refractivity (Wildman–Crippen MR) is 160 cm³/mol. The zero-order valence-corrected chi connectivity index (χ0v) is 25.4. The van der Waals surface area contributed by atoms with Crippen molar-refractivity contribution in [2.24, 2.45) is 0 Å². The Morgan fingerprint density at radius 3 is 2.49 bits per heavy atom. The van der Waals surface area contributed by atoms with Gasteiger partial charge in [-0.25, -0.2) is 4.79 Å². The maximum Gasteiger partial charge on any atom is 0.408 e. The molecule has 1 fully saturated rings. The average molecular weight is 568 g/mol. The van der Waals surface area contributed by atoms with Crippen molar-refractivity contribution in [1.29, 1.82) is 0 Å². The van der Waals surface area contributed by atoms with Gasteiger partial charge in [0.15, 0.2) is 0 Å². The Kier molecular flexibility index (Phi) is 8.16. The minimum Gasteiger partial charge on any atom is -0.444 e. The number of amides is 2. The van der Waals surface area contributed by atoms with E-state index in [2.05, 4.69) is 48.6 Å². The number of halogens is 1. The number of nitrogens with zero attached hydrogens (tertiary/aromatic N) is 2. The molecule has 3 aromatic rings. The summed E-state index contributed by atoms with van der Waals surface area (Å²) in [5.41, 5.74) is 3.53. The number of aromatic nitrogens is 1. The summed E-state index contributed by atoms with van der Waals surface area (Å²) < 4.78 is 5.43. The van der Waals surface area contributed by atoms with Crippen molar-refractivity contribution < 1.29 is 14.3 Å². The molecule has 4 rings (SSSR count). The van der Waals surface area contributed by atoms with Crippen LogP contribution >= 0.6 is 22.9 Å². The van der Waals surface area contributed by atoms with Crippen LogP contribution in [-0.4, -0.2) is 46.1 Å². The molecule has 0 aliphatic carbocycles. The van der Waals surface area contributed by atoms with Gasteiger partial charge in [-0.15, -0.1) is 11.3 Å². The molecule has 0 radical (unpaired) electrons. The second-order valence-electron chi connectivity index (χ2n) is 12.6. The normalized spacial score (nSPS) is 18.1. The van der Waals surface area contributed by atoms with E-state index in [1.807, 2.05) is 52.1 Å². The quantitative estimate of drug-likeness (QED) is 0.347. The number of hydrogen-bond acceptors (Lipinski definition) is 5. The zero-order chi connectivity index (χ0) is 28.6. The topological polar surface area (TPSA) is 71.5 Å². The van der Waals surface area contributed by atoms with E-state index < -0.39 is 17.2 Å². The summed E-state index contributed by atoms with van der Waals surface area (Å²) in [7, 11) is 0. The molecule has 0 bridgehead atoms. The highest BCUT2D eigenvalue weighted by Crippen LogP contribution is 2.37. The number of rotatable bonds is 4. The van der Waals surface area contributed by atoms with Crippen LogP contribution in [0.25, 0.3) is 21.6 Å². The number of carbonyl (C=O) groups excluding carboxylic acids is 2. The van der Waals surface area contributed by atoms with E-state index in [9.17, 15) is 9.59 Å². The molecule has 1 N–H and O–H groups in total. The molecule has 1 aliphatic rings. The summed E-state index contributed by atoms with van der Waals surface area (Å²) in [5, 5.41) is 5.63. The molecule has 8 heteroatoms. The fourth-order valence-corrected chi connectivity index (χ4v) is 6.04. The van der Waals surface area contributed by atoms with Crippen LogP contribution in [0.5, 0.6) is 0 Å². The van der Waals surface area contributed by atoms with E-state index in [0.717, 1.165) is 40.1 Å². The minimum absolute atomic E-state index is 0.0296. The van der Waals surface area contributed by atoms with E-state index in [-0.39, 0.29) is 11.3 Å². The Morgan fingerprint density at radius 2 is 1.82 bits per heavy atom. The Morgan fingerprint density at radius 1 is 1.08 bits per heavy atom. The molecular formula is C31H38ClN3O3S. The van der Waals surface area contributed by atoms with Crippen LogP contribution in [0.3, 0.4) is 0 Å². The second-order valence-corrected chi connectivity index (χ2v) is 13.9. The van der Waals surface area contributed by atoms with Crippen molar-refractivity contribution in [2.45, 2.75) is 77.9 Å². The molecule has 39 heavy (non-hydrogen) atoms. The molecule has 3 heterocycles. The number of piperidine rings is 1. The third-order valence-electron chi connectivity index (χ3n) is 6.73. The van der Waals surface area contributed by atoms with Crippen LogP contribution in [0.1, 0.15) is 77.4 Å². The monoisotopic (exact) mass is 567 g/mol. The number of thiophene rings is 1. The largest absolute Gasteiger partial charge is 0.444 e. The second kappa shape index (κ2) is 10.9. The fourth-order valence-electron chi connectivity index (χ4n) is 4.74. The lowest BCUT2D eigenvalue weighted by atomic mass is 9.90. The lowest BCUT2D eigenvalue weighted by molar-refractivity contribution is 0.0361. The Hall–Kier alpha value is -2.90. The number of nitrogens with one attached hydrogen (secondary N) is 1. The van der Waals surface area contributed by atoms with Crippen LogP contribution < -0.4 is 5.32 Å². The van der Waals surface area contributed by atoms with Crippen LogP contribution in [0, 0.1) is 0 Å².